The molecule has 0 aliphatic carbocycles. The van der Waals surface area contributed by atoms with Gasteiger partial charge in [0.05, 0.1) is 8.95 Å². The maximum absolute atomic E-state index is 14.0. The van der Waals surface area contributed by atoms with Crippen LogP contribution in [0.2, 0.25) is 0 Å². The van der Waals surface area contributed by atoms with E-state index in [2.05, 4.69) is 396 Å². The normalized spacial score (nSPS) is 9.84. The molecule has 0 fully saturated rings. The maximum atomic E-state index is 14.0. The zero-order valence-corrected chi connectivity index (χ0v) is 86.3. The average Bonchev–Trinajstić information content (AvgIpc) is 0.828. The topological polar surface area (TPSA) is 85.3 Å². The Morgan fingerprint density at radius 1 is 0.228 bits per heavy atom. The van der Waals surface area contributed by atoms with E-state index in [4.69, 9.17) is 16.1 Å². The van der Waals surface area contributed by atoms with E-state index in [-0.39, 0.29) is 163 Å². The summed E-state index contributed by atoms with van der Waals surface area (Å²) in [5.74, 6) is -2.29. The molecule has 0 heterocycles. The molecule has 0 atom stereocenters. The van der Waals surface area contributed by atoms with E-state index in [1.54, 1.807) is 18.2 Å². The molecule has 0 bridgehead atoms. The second kappa shape index (κ2) is 62.3. The Bertz CT molecular complexity index is 4860. The van der Waals surface area contributed by atoms with Crippen LogP contribution < -0.4 is 69.1 Å². The molecule has 17 rings (SSSR count). The van der Waals surface area contributed by atoms with Crippen molar-refractivity contribution in [2.75, 3.05) is 0 Å². The Hall–Kier alpha value is -5.92. The standard InChI is InChI=1S/C18H12F2.4C18H15P.C6H5BO.C6H2Br2F2.3K.HO2P.2O.Pd/c19-17-12-18(20)16(14-9-5-2-6-10-14)11-15(17)13-7-3-1-4-8-13;4*1-4-10-16(11-5-1)19(17-12-6-2-7-13-17)18-14-8-3-9-15-18;8-7-6-4-2-1-3-5-6;7-3-1-4(8)6(10)2-5(3)9;;;;1-3-2;;;/h1-12H;4*1-15H;1-5H;1-2H;;;;3H;;;. The van der Waals surface area contributed by atoms with E-state index in [9.17, 15) is 22.3 Å². The van der Waals surface area contributed by atoms with Crippen LogP contribution in [-0.2, 0) is 38.7 Å². The summed E-state index contributed by atoms with van der Waals surface area (Å²) >= 11 is 4.27. The minimum absolute atomic E-state index is 0. The molecule has 0 N–H and O–H groups in total. The predicted molar refractivity (Wildman–Crippen MR) is 520 cm³/mol. The van der Waals surface area contributed by atoms with Crippen LogP contribution in [0.1, 0.15) is 0 Å². The smallest absolute Gasteiger partial charge is 0.0134 e. The summed E-state index contributed by atoms with van der Waals surface area (Å²) in [7, 11) is -2.37. The van der Waals surface area contributed by atoms with Crippen molar-refractivity contribution in [3.8, 4) is 22.3 Å². The Kier molecular flexibility index (Phi) is 53.6. The molecular weight excluding hydrogens is 1930 g/mol. The van der Waals surface area contributed by atoms with Crippen LogP contribution in [0.25, 0.3) is 22.3 Å². The van der Waals surface area contributed by atoms with Crippen LogP contribution >= 0.6 is 71.9 Å². The quantitative estimate of drug-likeness (QED) is 0.0442. The van der Waals surface area contributed by atoms with E-state index in [0.717, 1.165) is 35.9 Å². The molecule has 0 amide bonds. The van der Waals surface area contributed by atoms with Gasteiger partial charge < -0.3 is 0 Å². The van der Waals surface area contributed by atoms with E-state index in [1.807, 2.05) is 78.9 Å². The van der Waals surface area contributed by atoms with Gasteiger partial charge in [-0.15, -0.1) is 0 Å². The van der Waals surface area contributed by atoms with Gasteiger partial charge in [0, 0.05) is 177 Å². The maximum Gasteiger partial charge on any atom is -0.0134 e. The van der Waals surface area contributed by atoms with E-state index >= 15 is 0 Å². The van der Waals surface area contributed by atoms with Gasteiger partial charge in [-0.05, 0) is 150 Å². The van der Waals surface area contributed by atoms with E-state index in [1.165, 1.54) is 69.7 Å². The fraction of sp³-hybridized carbons (Fsp3) is 0. The predicted octanol–water partition coefficient (Wildman–Crippen LogP) is 21.9. The summed E-state index contributed by atoms with van der Waals surface area (Å²) in [4.78, 5) is 0. The minimum atomic E-state index is -1.55. The molecule has 17 aromatic rings. The molecule has 0 saturated carbocycles. The largest absolute Gasteiger partial charge is 0.0622 e. The van der Waals surface area contributed by atoms with Gasteiger partial charge in [-0.3, -0.25) is 0 Å². The summed E-state index contributed by atoms with van der Waals surface area (Å²) in [5.41, 5.74) is 3.02. The molecule has 0 saturated heterocycles. The first-order valence-electron chi connectivity index (χ1n) is 37.5. The van der Waals surface area contributed by atoms with Crippen LogP contribution in [-0.4, -0.2) is 161 Å². The second-order valence-electron chi connectivity index (χ2n) is 25.3. The van der Waals surface area contributed by atoms with Gasteiger partial charge in [-0.1, -0.05) is 425 Å². The third-order valence-corrected chi connectivity index (χ3v) is 28.3. The number of halogens is 6. The van der Waals surface area contributed by atoms with Crippen LogP contribution in [0.5, 0.6) is 0 Å². The molecule has 17 aromatic carbocycles. The van der Waals surface area contributed by atoms with E-state index in [0.29, 0.717) is 11.1 Å². The molecule has 0 aliphatic rings. The SMILES string of the molecule is Fc1cc(F)c(-c2ccccc2)cc1-c1ccccc1.Fc1cc(F)c(Br)cc1Br.O=Bc1ccccc1.O=[PH]=O.[K].[K].[K].[O]=[Pd]=[O].c1ccc(P(c2ccccc2)c2ccccc2)cc1.c1ccc(P(c2ccccc2)c2ccccc2)cc1.c1ccc(P(c2ccccc2)c2ccccc2)cc1.c1ccc(P(c2ccccc2)c2ccccc2)cc1. The summed E-state index contributed by atoms with van der Waals surface area (Å²) in [6.45, 7) is 0. The summed E-state index contributed by atoms with van der Waals surface area (Å²) in [5, 5.41) is 16.8. The molecule has 21 heteroatoms. The number of rotatable bonds is 15. The number of hydrogen-bond acceptors (Lipinski definition) is 5. The van der Waals surface area contributed by atoms with Crippen molar-refractivity contribution in [3.05, 3.63) is 511 Å². The van der Waals surface area contributed by atoms with Gasteiger partial charge in [-0.2, -0.15) is 0 Å². The first-order chi connectivity index (χ1) is 58.9. The van der Waals surface area contributed by atoms with Crippen LogP contribution in [0, 0.1) is 23.3 Å². The van der Waals surface area contributed by atoms with Gasteiger partial charge in [0.25, 0.3) is 0 Å². The fourth-order valence-corrected chi connectivity index (χ4v) is 22.2. The van der Waals surface area contributed by atoms with Crippen molar-refractivity contribution in [2.24, 2.45) is 0 Å². The second-order valence-corrected chi connectivity index (χ2v) is 36.3. The molecule has 5 nitrogen and oxygen atoms in total. The molecule has 0 spiro atoms. The average molecular weight is 2010 g/mol. The van der Waals surface area contributed by atoms with Crippen molar-refractivity contribution in [2.45, 2.75) is 0 Å². The van der Waals surface area contributed by atoms with Gasteiger partial charge in [-0.25, -0.2) is 26.7 Å². The van der Waals surface area contributed by atoms with E-state index < -0.39 is 81.2 Å². The Morgan fingerprint density at radius 2 is 0.366 bits per heavy atom. The van der Waals surface area contributed by atoms with Gasteiger partial charge in [0.1, 0.15) is 23.3 Å². The molecule has 601 valence electrons. The zero-order valence-electron chi connectivity index (χ0n) is 67.6. The van der Waals surface area contributed by atoms with Gasteiger partial charge in [0.2, 0.25) is 0 Å². The van der Waals surface area contributed by atoms with Crippen LogP contribution in [0.3, 0.4) is 0 Å². The first kappa shape index (κ1) is 106. The third-order valence-electron chi connectivity index (χ3n) is 17.3. The molecule has 123 heavy (non-hydrogen) atoms. The molecule has 0 aromatic heterocycles. The number of benzene rings is 17. The van der Waals surface area contributed by atoms with Crippen LogP contribution in [0.4, 0.5) is 17.6 Å². The van der Waals surface area contributed by atoms with Crippen molar-refractivity contribution in [1.82, 2.24) is 0 Å². The Morgan fingerprint density at radius 3 is 0.504 bits per heavy atom. The van der Waals surface area contributed by atoms with Crippen molar-refractivity contribution >= 4 is 302 Å². The summed E-state index contributed by atoms with van der Waals surface area (Å²) in [6.07, 6.45) is 0. The monoisotopic (exact) mass is 2010 g/mol. The fourth-order valence-electron chi connectivity index (χ4n) is 12.0. The van der Waals surface area contributed by atoms with Crippen molar-refractivity contribution < 1.29 is 56.2 Å². The molecule has 0 unspecified atom stereocenters. The first-order valence-corrected chi connectivity index (χ1v) is 46.5. The Balaban J connectivity index is 0.000000222. The zero-order chi connectivity index (χ0) is 84.6. The summed E-state index contributed by atoms with van der Waals surface area (Å²) < 4.78 is 97.1. The minimum Gasteiger partial charge on any atom is -0.0622 e. The number of hydrogen-bond donors (Lipinski definition) is 0. The molecule has 0 aliphatic heterocycles. The van der Waals surface area contributed by atoms with Gasteiger partial charge >= 0.3 is 80.8 Å². The Labute approximate surface area is 878 Å². The molecular formula is C102H80BBr2F4K3O5P5Pd. The third kappa shape index (κ3) is 36.3. The van der Waals surface area contributed by atoms with Crippen molar-refractivity contribution in [3.63, 3.8) is 0 Å². The molecule has 3 radical (unpaired) electrons. The summed E-state index contributed by atoms with van der Waals surface area (Å²) in [6, 6.07) is 161. The van der Waals surface area contributed by atoms with Crippen LogP contribution in [0.15, 0.2) is 488 Å². The van der Waals surface area contributed by atoms with Crippen molar-refractivity contribution in [1.29, 1.82) is 0 Å². The van der Waals surface area contributed by atoms with Gasteiger partial charge in [0.15, 0.2) is 0 Å².